The van der Waals surface area contributed by atoms with Crippen LogP contribution in [0.25, 0.3) is 0 Å². The minimum atomic E-state index is -0.0922. The van der Waals surface area contributed by atoms with Gasteiger partial charge in [0.05, 0.1) is 5.92 Å². The number of pyridine rings is 1. The number of fused-ring (bicyclic) bond motifs is 1. The zero-order chi connectivity index (χ0) is 18.9. The third-order valence-corrected chi connectivity index (χ3v) is 7.15. The van der Waals surface area contributed by atoms with Crippen molar-refractivity contribution in [3.63, 3.8) is 0 Å². The molecule has 1 saturated carbocycles. The lowest BCUT2D eigenvalue weighted by atomic mass is 10.0. The van der Waals surface area contributed by atoms with Crippen LogP contribution in [0.3, 0.4) is 0 Å². The van der Waals surface area contributed by atoms with Gasteiger partial charge in [0, 0.05) is 55.6 Å². The van der Waals surface area contributed by atoms with Gasteiger partial charge in [0.1, 0.15) is 5.82 Å². The third kappa shape index (κ3) is 3.95. The lowest BCUT2D eigenvalue weighted by molar-refractivity contribution is -0.117. The number of rotatable bonds is 5. The van der Waals surface area contributed by atoms with Gasteiger partial charge in [0.2, 0.25) is 5.91 Å². The van der Waals surface area contributed by atoms with E-state index in [1.807, 2.05) is 24.4 Å². The minimum absolute atomic E-state index is 0.0360. The van der Waals surface area contributed by atoms with Crippen LogP contribution in [0.2, 0.25) is 0 Å². The molecule has 0 bridgehead atoms. The molecule has 1 aromatic carbocycles. The lowest BCUT2D eigenvalue weighted by Crippen LogP contribution is -2.46. The van der Waals surface area contributed by atoms with Crippen LogP contribution in [-0.4, -0.2) is 58.7 Å². The highest BCUT2D eigenvalue weighted by molar-refractivity contribution is 7.99. The van der Waals surface area contributed by atoms with Gasteiger partial charge < -0.3 is 5.32 Å². The summed E-state index contributed by atoms with van der Waals surface area (Å²) in [4.78, 5) is 23.5. The Hall–Kier alpha value is -1.89. The number of carbonyl (C=O) groups excluding carboxylic acids is 1. The fraction of sp³-hybridized carbons (Fsp3) is 0.455. The molecule has 2 fully saturated rings. The van der Waals surface area contributed by atoms with E-state index in [-0.39, 0.29) is 11.8 Å². The highest BCUT2D eigenvalue weighted by Gasteiger charge is 2.31. The summed E-state index contributed by atoms with van der Waals surface area (Å²) in [5, 5.41) is 3.00. The van der Waals surface area contributed by atoms with E-state index >= 15 is 0 Å². The number of hydrogen-bond acceptors (Lipinski definition) is 5. The molecule has 1 aliphatic carbocycles. The predicted octanol–water partition coefficient (Wildman–Crippen LogP) is 3.19. The van der Waals surface area contributed by atoms with Gasteiger partial charge in [0.15, 0.2) is 0 Å². The highest BCUT2D eigenvalue weighted by atomic mass is 32.2. The summed E-state index contributed by atoms with van der Waals surface area (Å²) in [6.07, 6.45) is 4.69. The van der Waals surface area contributed by atoms with E-state index in [0.29, 0.717) is 5.82 Å². The van der Waals surface area contributed by atoms with Crippen LogP contribution in [0.15, 0.2) is 47.5 Å². The monoisotopic (exact) mass is 394 g/mol. The molecule has 6 heteroatoms. The molecule has 1 saturated heterocycles. The minimum Gasteiger partial charge on any atom is -0.310 e. The maximum atomic E-state index is 12.7. The molecule has 1 unspecified atom stereocenters. The largest absolute Gasteiger partial charge is 0.310 e. The zero-order valence-corrected chi connectivity index (χ0v) is 16.8. The van der Waals surface area contributed by atoms with Crippen molar-refractivity contribution in [3.8, 4) is 0 Å². The molecule has 0 spiro atoms. The molecule has 2 aromatic rings. The van der Waals surface area contributed by atoms with Crippen molar-refractivity contribution in [2.75, 3.05) is 37.2 Å². The average Bonchev–Trinajstić information content (AvgIpc) is 3.48. The maximum absolute atomic E-state index is 12.7. The smallest absolute Gasteiger partial charge is 0.233 e. The summed E-state index contributed by atoms with van der Waals surface area (Å²) in [5.74, 6) is 1.39. The number of carbonyl (C=O) groups is 1. The second-order valence-electron chi connectivity index (χ2n) is 7.99. The van der Waals surface area contributed by atoms with Gasteiger partial charge in [0.25, 0.3) is 0 Å². The summed E-state index contributed by atoms with van der Waals surface area (Å²) >= 11 is 1.75. The summed E-state index contributed by atoms with van der Waals surface area (Å²) in [7, 11) is 0. The van der Waals surface area contributed by atoms with Gasteiger partial charge >= 0.3 is 0 Å². The number of thioether (sulfide) groups is 1. The van der Waals surface area contributed by atoms with Crippen molar-refractivity contribution in [2.45, 2.75) is 36.2 Å². The van der Waals surface area contributed by atoms with E-state index in [1.165, 1.54) is 36.4 Å². The summed E-state index contributed by atoms with van der Waals surface area (Å²) in [5.41, 5.74) is 2.34. The molecular formula is C22H26N4OS. The summed E-state index contributed by atoms with van der Waals surface area (Å²) in [6, 6.07) is 13.1. The fourth-order valence-corrected chi connectivity index (χ4v) is 5.40. The predicted molar refractivity (Wildman–Crippen MR) is 113 cm³/mol. The van der Waals surface area contributed by atoms with Crippen LogP contribution in [-0.2, 0) is 11.3 Å². The van der Waals surface area contributed by atoms with Crippen LogP contribution >= 0.6 is 11.8 Å². The Bertz CT molecular complexity index is 844. The molecule has 5 nitrogen and oxygen atoms in total. The van der Waals surface area contributed by atoms with Crippen molar-refractivity contribution in [3.05, 3.63) is 53.7 Å². The van der Waals surface area contributed by atoms with Crippen LogP contribution in [0, 0.1) is 0 Å². The normalized spacial score (nSPS) is 22.8. The van der Waals surface area contributed by atoms with Crippen LogP contribution < -0.4 is 5.32 Å². The van der Waals surface area contributed by atoms with E-state index in [2.05, 4.69) is 38.3 Å². The topological polar surface area (TPSA) is 48.5 Å². The molecule has 5 rings (SSSR count). The first-order valence-corrected chi connectivity index (χ1v) is 11.2. The van der Waals surface area contributed by atoms with Crippen molar-refractivity contribution >= 4 is 23.5 Å². The first-order valence-electron chi connectivity index (χ1n) is 10.2. The Morgan fingerprint density at radius 3 is 2.68 bits per heavy atom. The molecular weight excluding hydrogens is 368 g/mol. The number of hydrogen-bond donors (Lipinski definition) is 1. The molecule has 3 heterocycles. The van der Waals surface area contributed by atoms with E-state index in [9.17, 15) is 4.79 Å². The number of anilines is 1. The van der Waals surface area contributed by atoms with E-state index in [1.54, 1.807) is 11.8 Å². The molecule has 1 amide bonds. The second-order valence-corrected chi connectivity index (χ2v) is 9.05. The Labute approximate surface area is 170 Å². The SMILES string of the molecule is O=C(Nc1ccc(CN2CCN(C3CC3)CC2)cn1)C1CSc2ccccc21. The molecule has 146 valence electrons. The molecule has 3 aliphatic rings. The van der Waals surface area contributed by atoms with E-state index in [4.69, 9.17) is 0 Å². The maximum Gasteiger partial charge on any atom is 0.233 e. The standard InChI is InChI=1S/C22H26N4OS/c27-22(19-15-28-20-4-2-1-3-18(19)20)24-21-8-5-16(13-23-21)14-25-9-11-26(12-10-25)17-6-7-17/h1-5,8,13,17,19H,6-7,9-12,14-15H2,(H,23,24,27). The van der Waals surface area contributed by atoms with E-state index < -0.39 is 0 Å². The van der Waals surface area contributed by atoms with Crippen molar-refractivity contribution < 1.29 is 4.79 Å². The zero-order valence-electron chi connectivity index (χ0n) is 16.0. The quantitative estimate of drug-likeness (QED) is 0.844. The molecule has 0 radical (unpaired) electrons. The number of nitrogens with one attached hydrogen (secondary N) is 1. The summed E-state index contributed by atoms with van der Waals surface area (Å²) in [6.45, 7) is 5.58. The molecule has 1 aromatic heterocycles. The van der Waals surface area contributed by atoms with Crippen molar-refractivity contribution in [2.24, 2.45) is 0 Å². The van der Waals surface area contributed by atoms with Gasteiger partial charge in [-0.2, -0.15) is 0 Å². The van der Waals surface area contributed by atoms with Gasteiger partial charge in [-0.1, -0.05) is 24.3 Å². The van der Waals surface area contributed by atoms with Crippen LogP contribution in [0.5, 0.6) is 0 Å². The number of aromatic nitrogens is 1. The third-order valence-electron chi connectivity index (χ3n) is 5.97. The Morgan fingerprint density at radius 1 is 1.11 bits per heavy atom. The molecule has 1 N–H and O–H groups in total. The Balaban J connectivity index is 1.15. The Kier molecular flexibility index (Phi) is 5.09. The average molecular weight is 395 g/mol. The van der Waals surface area contributed by atoms with Crippen LogP contribution in [0.4, 0.5) is 5.82 Å². The molecule has 28 heavy (non-hydrogen) atoms. The molecule has 1 atom stereocenters. The summed E-state index contributed by atoms with van der Waals surface area (Å²) < 4.78 is 0. The van der Waals surface area contributed by atoms with Gasteiger partial charge in [-0.3, -0.25) is 14.6 Å². The van der Waals surface area contributed by atoms with Crippen molar-refractivity contribution in [1.82, 2.24) is 14.8 Å². The number of piperazine rings is 1. The fourth-order valence-electron chi connectivity index (χ4n) is 4.17. The number of amides is 1. The van der Waals surface area contributed by atoms with Crippen LogP contribution in [0.1, 0.15) is 29.9 Å². The first-order chi connectivity index (χ1) is 13.8. The highest BCUT2D eigenvalue weighted by Crippen LogP contribution is 2.39. The number of nitrogens with zero attached hydrogens (tertiary/aromatic N) is 3. The van der Waals surface area contributed by atoms with Crippen molar-refractivity contribution in [1.29, 1.82) is 0 Å². The molecule has 2 aliphatic heterocycles. The Morgan fingerprint density at radius 2 is 1.93 bits per heavy atom. The van der Waals surface area contributed by atoms with Gasteiger partial charge in [-0.05, 0) is 36.1 Å². The van der Waals surface area contributed by atoms with Gasteiger partial charge in [-0.25, -0.2) is 4.98 Å². The first kappa shape index (κ1) is 18.2. The lowest BCUT2D eigenvalue weighted by Gasteiger charge is -2.34. The van der Waals surface area contributed by atoms with Gasteiger partial charge in [-0.15, -0.1) is 11.8 Å². The number of benzene rings is 1. The second kappa shape index (κ2) is 7.85. The van der Waals surface area contributed by atoms with E-state index in [0.717, 1.165) is 37.0 Å².